The number of rotatable bonds is 8. The fraction of sp³-hybridized carbons (Fsp3) is 0.263. The first-order valence-corrected chi connectivity index (χ1v) is 8.45. The Kier molecular flexibility index (Phi) is 5.65. The summed E-state index contributed by atoms with van der Waals surface area (Å²) in [4.78, 5) is 41.3. The Morgan fingerprint density at radius 1 is 1.11 bits per heavy atom. The lowest BCUT2D eigenvalue weighted by molar-refractivity contribution is -0.121. The molecular formula is C19H19N3O5. The maximum absolute atomic E-state index is 12.2. The van der Waals surface area contributed by atoms with Crippen molar-refractivity contribution in [1.82, 2.24) is 15.2 Å². The van der Waals surface area contributed by atoms with Gasteiger partial charge in [0, 0.05) is 19.2 Å². The number of hydrogen-bond acceptors (Lipinski definition) is 6. The van der Waals surface area contributed by atoms with Gasteiger partial charge in [-0.25, -0.2) is 0 Å². The molecule has 0 spiro atoms. The Balaban J connectivity index is 1.39. The zero-order valence-corrected chi connectivity index (χ0v) is 14.8. The van der Waals surface area contributed by atoms with Crippen molar-refractivity contribution in [3.8, 4) is 11.5 Å². The van der Waals surface area contributed by atoms with Crippen LogP contribution >= 0.6 is 0 Å². The van der Waals surface area contributed by atoms with Crippen LogP contribution in [0.5, 0.6) is 11.5 Å². The number of benzene rings is 1. The van der Waals surface area contributed by atoms with Gasteiger partial charge in [0.05, 0.1) is 19.2 Å². The highest BCUT2D eigenvalue weighted by molar-refractivity contribution is 6.20. The average molecular weight is 369 g/mol. The van der Waals surface area contributed by atoms with Crippen LogP contribution in [-0.4, -0.2) is 54.4 Å². The first-order chi connectivity index (χ1) is 13.1. The lowest BCUT2D eigenvalue weighted by atomic mass is 10.2. The Hall–Kier alpha value is -3.42. The smallest absolute Gasteiger partial charge is 0.280 e. The van der Waals surface area contributed by atoms with E-state index in [1.807, 2.05) is 0 Å². The van der Waals surface area contributed by atoms with E-state index in [2.05, 4.69) is 10.3 Å². The Morgan fingerprint density at radius 3 is 2.56 bits per heavy atom. The quantitative estimate of drug-likeness (QED) is 0.556. The molecule has 0 radical (unpaired) electrons. The molecule has 0 saturated carbocycles. The molecule has 1 aliphatic heterocycles. The molecule has 0 aliphatic carbocycles. The van der Waals surface area contributed by atoms with E-state index < -0.39 is 11.8 Å². The summed E-state index contributed by atoms with van der Waals surface area (Å²) < 4.78 is 10.6. The van der Waals surface area contributed by atoms with Crippen LogP contribution in [0.1, 0.15) is 27.3 Å². The standard InChI is InChI=1S/C19H19N3O5/c1-26-13-4-6-14(7-5-13)27-12-10-20-16(23)8-11-22-18(24)15-3-2-9-21-17(15)19(22)25/h2-7,9H,8,10-12H2,1H3,(H,20,23). The van der Waals surface area contributed by atoms with Crippen LogP contribution in [0, 0.1) is 0 Å². The molecule has 8 heteroatoms. The maximum atomic E-state index is 12.2. The molecule has 1 aromatic carbocycles. The number of fused-ring (bicyclic) bond motifs is 1. The van der Waals surface area contributed by atoms with Crippen LogP contribution in [0.3, 0.4) is 0 Å². The fourth-order valence-corrected chi connectivity index (χ4v) is 2.65. The number of ether oxygens (including phenoxy) is 2. The van der Waals surface area contributed by atoms with Gasteiger partial charge in [0.25, 0.3) is 11.8 Å². The van der Waals surface area contributed by atoms with E-state index in [-0.39, 0.29) is 30.1 Å². The number of carbonyl (C=O) groups is 3. The molecule has 3 rings (SSSR count). The van der Waals surface area contributed by atoms with Gasteiger partial charge in [0.1, 0.15) is 23.8 Å². The number of hydrogen-bond donors (Lipinski definition) is 1. The van der Waals surface area contributed by atoms with Crippen molar-refractivity contribution in [3.05, 3.63) is 53.9 Å². The molecule has 1 N–H and O–H groups in total. The first kappa shape index (κ1) is 18.4. The summed E-state index contributed by atoms with van der Waals surface area (Å²) in [6.45, 7) is 0.628. The molecule has 3 amide bonds. The lowest BCUT2D eigenvalue weighted by Gasteiger charge is -2.13. The SMILES string of the molecule is COc1ccc(OCCNC(=O)CCN2C(=O)c3cccnc3C2=O)cc1. The van der Waals surface area contributed by atoms with E-state index >= 15 is 0 Å². The molecule has 1 aromatic heterocycles. The second kappa shape index (κ2) is 8.31. The summed E-state index contributed by atoms with van der Waals surface area (Å²) in [5, 5.41) is 2.70. The van der Waals surface area contributed by atoms with Gasteiger partial charge in [-0.2, -0.15) is 0 Å². The minimum Gasteiger partial charge on any atom is -0.497 e. The number of nitrogens with zero attached hydrogens (tertiary/aromatic N) is 2. The summed E-state index contributed by atoms with van der Waals surface area (Å²) in [5.74, 6) is 0.255. The van der Waals surface area contributed by atoms with Gasteiger partial charge in [0.2, 0.25) is 5.91 Å². The van der Waals surface area contributed by atoms with Crippen molar-refractivity contribution in [2.24, 2.45) is 0 Å². The van der Waals surface area contributed by atoms with E-state index in [4.69, 9.17) is 9.47 Å². The van der Waals surface area contributed by atoms with Gasteiger partial charge >= 0.3 is 0 Å². The second-order valence-electron chi connectivity index (χ2n) is 5.79. The average Bonchev–Trinajstić information content (AvgIpc) is 2.94. The minimum absolute atomic E-state index is 0.0131. The molecular weight excluding hydrogens is 350 g/mol. The highest BCUT2D eigenvalue weighted by Crippen LogP contribution is 2.20. The molecule has 2 heterocycles. The first-order valence-electron chi connectivity index (χ1n) is 8.45. The third-order valence-electron chi connectivity index (χ3n) is 4.05. The number of methoxy groups -OCH3 is 1. The normalized spacial score (nSPS) is 12.7. The Bertz CT molecular complexity index is 816. The van der Waals surface area contributed by atoms with E-state index in [0.29, 0.717) is 18.9 Å². The molecule has 0 fully saturated rings. The molecule has 0 atom stereocenters. The van der Waals surface area contributed by atoms with Crippen molar-refractivity contribution in [2.45, 2.75) is 6.42 Å². The number of imide groups is 1. The van der Waals surface area contributed by atoms with Gasteiger partial charge in [-0.3, -0.25) is 24.3 Å². The molecule has 0 saturated heterocycles. The number of aromatic nitrogens is 1. The molecule has 27 heavy (non-hydrogen) atoms. The highest BCUT2D eigenvalue weighted by atomic mass is 16.5. The molecule has 0 bridgehead atoms. The van der Waals surface area contributed by atoms with Gasteiger partial charge in [-0.05, 0) is 36.4 Å². The number of nitrogens with one attached hydrogen (secondary N) is 1. The third kappa shape index (κ3) is 4.22. The van der Waals surface area contributed by atoms with Crippen LogP contribution < -0.4 is 14.8 Å². The maximum Gasteiger partial charge on any atom is 0.280 e. The van der Waals surface area contributed by atoms with E-state index in [9.17, 15) is 14.4 Å². The highest BCUT2D eigenvalue weighted by Gasteiger charge is 2.36. The van der Waals surface area contributed by atoms with Crippen LogP contribution in [0.15, 0.2) is 42.6 Å². The Morgan fingerprint density at radius 2 is 1.85 bits per heavy atom. The number of pyridine rings is 1. The zero-order chi connectivity index (χ0) is 19.2. The Labute approximate surface area is 156 Å². The topological polar surface area (TPSA) is 97.8 Å². The lowest BCUT2D eigenvalue weighted by Crippen LogP contribution is -2.35. The molecule has 8 nitrogen and oxygen atoms in total. The molecule has 0 unspecified atom stereocenters. The van der Waals surface area contributed by atoms with Gasteiger partial charge in [-0.1, -0.05) is 0 Å². The van der Waals surface area contributed by atoms with E-state index in [1.165, 1.54) is 6.20 Å². The molecule has 140 valence electrons. The predicted molar refractivity (Wildman–Crippen MR) is 95.7 cm³/mol. The monoisotopic (exact) mass is 369 g/mol. The van der Waals surface area contributed by atoms with Crippen molar-refractivity contribution >= 4 is 17.7 Å². The van der Waals surface area contributed by atoms with E-state index in [0.717, 1.165) is 10.6 Å². The van der Waals surface area contributed by atoms with Crippen LogP contribution in [0.25, 0.3) is 0 Å². The van der Waals surface area contributed by atoms with Gasteiger partial charge < -0.3 is 14.8 Å². The van der Waals surface area contributed by atoms with E-state index in [1.54, 1.807) is 43.5 Å². The summed E-state index contributed by atoms with van der Waals surface area (Å²) in [6, 6.07) is 10.3. The fourth-order valence-electron chi connectivity index (χ4n) is 2.65. The second-order valence-corrected chi connectivity index (χ2v) is 5.79. The summed E-state index contributed by atoms with van der Waals surface area (Å²) in [7, 11) is 1.59. The van der Waals surface area contributed by atoms with Gasteiger partial charge in [0.15, 0.2) is 0 Å². The van der Waals surface area contributed by atoms with Crippen molar-refractivity contribution in [1.29, 1.82) is 0 Å². The molecule has 2 aromatic rings. The largest absolute Gasteiger partial charge is 0.497 e. The third-order valence-corrected chi connectivity index (χ3v) is 4.05. The van der Waals surface area contributed by atoms with Crippen molar-refractivity contribution in [2.75, 3.05) is 26.8 Å². The van der Waals surface area contributed by atoms with Gasteiger partial charge in [-0.15, -0.1) is 0 Å². The van der Waals surface area contributed by atoms with Crippen LogP contribution in [0.2, 0.25) is 0 Å². The predicted octanol–water partition coefficient (Wildman–Crippen LogP) is 1.27. The molecule has 1 aliphatic rings. The number of amides is 3. The van der Waals surface area contributed by atoms with Crippen LogP contribution in [0.4, 0.5) is 0 Å². The minimum atomic E-state index is -0.466. The number of carbonyl (C=O) groups excluding carboxylic acids is 3. The summed E-state index contributed by atoms with van der Waals surface area (Å²) in [6.07, 6.45) is 1.48. The summed E-state index contributed by atoms with van der Waals surface area (Å²) >= 11 is 0. The zero-order valence-electron chi connectivity index (χ0n) is 14.8. The van der Waals surface area contributed by atoms with Crippen molar-refractivity contribution in [3.63, 3.8) is 0 Å². The van der Waals surface area contributed by atoms with Crippen molar-refractivity contribution < 1.29 is 23.9 Å². The summed E-state index contributed by atoms with van der Waals surface area (Å²) in [5.41, 5.74) is 0.409. The van der Waals surface area contributed by atoms with Crippen LogP contribution in [-0.2, 0) is 4.79 Å².